The van der Waals surface area contributed by atoms with Gasteiger partial charge in [0.1, 0.15) is 29.3 Å². The molecule has 308 valence electrons. The Morgan fingerprint density at radius 1 is 0.414 bits per heavy atom. The Hall–Kier alpha value is -2.15. The lowest BCUT2D eigenvalue weighted by molar-refractivity contribution is 0.112. The zero-order valence-corrected chi connectivity index (χ0v) is 42.7. The van der Waals surface area contributed by atoms with Gasteiger partial charge in [-0.3, -0.25) is 4.79 Å². The fraction of sp³-hybridized carbons (Fsp3) is 0.340. The van der Waals surface area contributed by atoms with Crippen LogP contribution in [0.4, 0.5) is 0 Å². The van der Waals surface area contributed by atoms with E-state index < -0.39 is 0 Å². The summed E-state index contributed by atoms with van der Waals surface area (Å²) in [7, 11) is 0. The first-order valence-electron chi connectivity index (χ1n) is 19.6. The molecule has 0 saturated carbocycles. The molecule has 0 unspecified atom stereocenters. The number of ether oxygens (including phenoxy) is 4. The largest absolute Gasteiger partial charge is 0.493 e. The molecule has 0 aromatic heterocycles. The summed E-state index contributed by atoms with van der Waals surface area (Å²) in [6, 6.07) is 17.1. The minimum Gasteiger partial charge on any atom is -0.493 e. The van der Waals surface area contributed by atoms with Gasteiger partial charge in [0.2, 0.25) is 0 Å². The van der Waals surface area contributed by atoms with Crippen LogP contribution in [0.15, 0.2) is 58.7 Å². The number of halogens is 6. The Morgan fingerprint density at radius 2 is 0.621 bits per heavy atom. The number of rotatable bonds is 16. The Kier molecular flexibility index (Phi) is 18.7. The number of fused-ring (bicyclic) bond motifs is 8. The smallest absolute Gasteiger partial charge is 0.150 e. The van der Waals surface area contributed by atoms with Crippen LogP contribution in [0, 0.1) is 0 Å². The van der Waals surface area contributed by atoms with Crippen molar-refractivity contribution in [2.75, 3.05) is 26.4 Å². The summed E-state index contributed by atoms with van der Waals surface area (Å²) in [4.78, 5) is 12.7. The molecule has 5 rings (SSSR count). The highest BCUT2D eigenvalue weighted by Gasteiger charge is 2.24. The molecule has 4 aromatic rings. The summed E-state index contributed by atoms with van der Waals surface area (Å²) in [6.45, 7) is 10.7. The van der Waals surface area contributed by atoms with Crippen molar-refractivity contribution in [3.05, 3.63) is 125 Å². The maximum atomic E-state index is 12.7. The molecule has 0 radical (unpaired) electrons. The van der Waals surface area contributed by atoms with Crippen LogP contribution in [0.3, 0.4) is 0 Å². The van der Waals surface area contributed by atoms with Crippen molar-refractivity contribution in [3.63, 3.8) is 0 Å². The van der Waals surface area contributed by atoms with Crippen LogP contribution in [-0.4, -0.2) is 32.7 Å². The predicted octanol–water partition coefficient (Wildman–Crippen LogP) is 15.6. The fourth-order valence-corrected chi connectivity index (χ4v) is 8.84. The van der Waals surface area contributed by atoms with Gasteiger partial charge in [-0.1, -0.05) is 27.7 Å². The third-order valence-corrected chi connectivity index (χ3v) is 10.7. The average molecular weight is 1170 g/mol. The second kappa shape index (κ2) is 23.2. The molecule has 0 aliphatic heterocycles. The summed E-state index contributed by atoms with van der Waals surface area (Å²) in [6.07, 6.45) is 12.6. The summed E-state index contributed by atoms with van der Waals surface area (Å²) < 4.78 is 29.4. The van der Waals surface area contributed by atoms with Crippen LogP contribution in [0.25, 0.3) is 18.2 Å². The molecular formula is C47H48Br6O5. The van der Waals surface area contributed by atoms with E-state index in [1.54, 1.807) is 0 Å². The molecule has 58 heavy (non-hydrogen) atoms. The first-order chi connectivity index (χ1) is 28.0. The van der Waals surface area contributed by atoms with Crippen LogP contribution in [0.5, 0.6) is 23.0 Å². The van der Waals surface area contributed by atoms with E-state index in [1.807, 2.05) is 12.1 Å². The SMILES string of the molecule is CCCOc1c2cc(C=O)cc1Cc1cc(C=C(Br)Br)cc(c1OCCC)Cc1cc(C=C(Br)Br)cc(c1OCCC)Cc1cc(C=C(Br)Br)cc(c1OCCC)C2. The Morgan fingerprint density at radius 3 is 0.793 bits per heavy atom. The predicted molar refractivity (Wildman–Crippen MR) is 263 cm³/mol. The molecule has 0 N–H and O–H groups in total. The summed E-state index contributed by atoms with van der Waals surface area (Å²) in [5, 5.41) is 0. The Labute approximate surface area is 394 Å². The van der Waals surface area contributed by atoms with Gasteiger partial charge >= 0.3 is 0 Å². The van der Waals surface area contributed by atoms with Gasteiger partial charge in [-0.25, -0.2) is 0 Å². The van der Waals surface area contributed by atoms with Gasteiger partial charge in [-0.05, 0) is 249 Å². The first-order valence-corrected chi connectivity index (χ1v) is 24.4. The van der Waals surface area contributed by atoms with Gasteiger partial charge in [0.15, 0.2) is 0 Å². The first kappa shape index (κ1) is 46.9. The van der Waals surface area contributed by atoms with E-state index in [0.29, 0.717) is 57.7 Å². The van der Waals surface area contributed by atoms with Crippen molar-refractivity contribution in [3.8, 4) is 23.0 Å². The van der Waals surface area contributed by atoms with E-state index in [0.717, 1.165) is 126 Å². The van der Waals surface area contributed by atoms with Crippen molar-refractivity contribution < 1.29 is 23.7 Å². The summed E-state index contributed by atoms with van der Waals surface area (Å²) in [5.41, 5.74) is 11.6. The van der Waals surface area contributed by atoms with Gasteiger partial charge < -0.3 is 18.9 Å². The maximum Gasteiger partial charge on any atom is 0.150 e. The number of carbonyl (C=O) groups is 1. The highest BCUT2D eigenvalue weighted by molar-refractivity contribution is 9.29. The molecule has 0 atom stereocenters. The van der Waals surface area contributed by atoms with Crippen LogP contribution < -0.4 is 18.9 Å². The molecule has 0 spiro atoms. The molecule has 1 aliphatic carbocycles. The van der Waals surface area contributed by atoms with Crippen LogP contribution in [-0.2, 0) is 25.7 Å². The van der Waals surface area contributed by atoms with E-state index in [9.17, 15) is 4.79 Å². The number of benzene rings is 4. The van der Waals surface area contributed by atoms with Crippen molar-refractivity contribution in [2.45, 2.75) is 79.1 Å². The second-order valence-electron chi connectivity index (χ2n) is 14.2. The van der Waals surface area contributed by atoms with Crippen molar-refractivity contribution in [1.82, 2.24) is 0 Å². The molecule has 4 aromatic carbocycles. The Bertz CT molecular complexity index is 2050. The molecule has 11 heteroatoms. The zero-order valence-electron chi connectivity index (χ0n) is 33.2. The number of carbonyl (C=O) groups excluding carboxylic acids is 1. The van der Waals surface area contributed by atoms with E-state index in [2.05, 4.69) is 178 Å². The van der Waals surface area contributed by atoms with Gasteiger partial charge in [0.05, 0.1) is 36.6 Å². The molecule has 1 aliphatic rings. The minimum absolute atomic E-state index is 0.481. The third kappa shape index (κ3) is 12.9. The molecule has 8 bridgehead atoms. The number of aldehydes is 1. The molecule has 0 heterocycles. The summed E-state index contributed by atoms with van der Waals surface area (Å²) >= 11 is 21.7. The molecule has 0 fully saturated rings. The minimum atomic E-state index is 0.481. The third-order valence-electron chi connectivity index (χ3n) is 9.35. The fourth-order valence-electron chi connectivity index (χ4n) is 7.25. The van der Waals surface area contributed by atoms with Crippen LogP contribution >= 0.6 is 95.6 Å². The van der Waals surface area contributed by atoms with Gasteiger partial charge in [0.25, 0.3) is 0 Å². The van der Waals surface area contributed by atoms with Crippen LogP contribution in [0.2, 0.25) is 0 Å². The lowest BCUT2D eigenvalue weighted by Gasteiger charge is -2.24. The highest BCUT2D eigenvalue weighted by atomic mass is 79.9. The van der Waals surface area contributed by atoms with E-state index in [-0.39, 0.29) is 0 Å². The quantitative estimate of drug-likeness (QED) is 0.0922. The second-order valence-corrected chi connectivity index (χ2v) is 22.5. The molecule has 0 amide bonds. The molecule has 0 saturated heterocycles. The van der Waals surface area contributed by atoms with Crippen molar-refractivity contribution >= 4 is 120 Å². The van der Waals surface area contributed by atoms with Gasteiger partial charge in [-0.15, -0.1) is 0 Å². The monoisotopic (exact) mass is 1170 g/mol. The van der Waals surface area contributed by atoms with Crippen molar-refractivity contribution in [2.24, 2.45) is 0 Å². The molecule has 5 nitrogen and oxygen atoms in total. The Balaban J connectivity index is 1.97. The number of hydrogen-bond donors (Lipinski definition) is 0. The maximum absolute atomic E-state index is 12.7. The molecular weight excluding hydrogens is 1120 g/mol. The zero-order chi connectivity index (χ0) is 41.8. The number of hydrogen-bond acceptors (Lipinski definition) is 5. The highest BCUT2D eigenvalue weighted by Crippen LogP contribution is 2.42. The standard InChI is InChI=1S/C47H48Br6O5/c1-5-9-55-44-33-13-29(21-41(48)49)14-34(44)25-36-16-31(23-43(52)53)18-38(46(36)57-11-7-3)27-40-20-32(28-54)19-39(47(40)58-12-8-4)26-37-17-30(22-42(50)51)15-35(24-33)45(37)56-10-6-2/h13-23,28H,5-12,24-27H2,1-4H3. The average Bonchev–Trinajstić information content (AvgIpc) is 3.15. The van der Waals surface area contributed by atoms with E-state index in [4.69, 9.17) is 18.9 Å². The van der Waals surface area contributed by atoms with E-state index in [1.165, 1.54) is 0 Å². The summed E-state index contributed by atoms with van der Waals surface area (Å²) in [5.74, 6) is 3.32. The van der Waals surface area contributed by atoms with Gasteiger partial charge in [-0.2, -0.15) is 0 Å². The normalized spacial score (nSPS) is 12.0. The van der Waals surface area contributed by atoms with Crippen molar-refractivity contribution in [1.29, 1.82) is 0 Å². The van der Waals surface area contributed by atoms with E-state index >= 15 is 0 Å². The topological polar surface area (TPSA) is 54.0 Å². The lowest BCUT2D eigenvalue weighted by atomic mass is 9.88. The van der Waals surface area contributed by atoms with Gasteiger partial charge in [0, 0.05) is 31.2 Å². The van der Waals surface area contributed by atoms with Crippen LogP contribution in [0.1, 0.15) is 125 Å². The lowest BCUT2D eigenvalue weighted by Crippen LogP contribution is -2.11.